The molecule has 1 N–H and O–H groups in total. The van der Waals surface area contributed by atoms with Gasteiger partial charge in [-0.25, -0.2) is 0 Å². The molecule has 1 fully saturated rings. The highest BCUT2D eigenvalue weighted by Crippen LogP contribution is 2.18. The lowest BCUT2D eigenvalue weighted by Gasteiger charge is -2.35. The highest BCUT2D eigenvalue weighted by molar-refractivity contribution is 6.33. The Balaban J connectivity index is 1.57. The Labute approximate surface area is 139 Å². The zero-order valence-electron chi connectivity index (χ0n) is 12.7. The summed E-state index contributed by atoms with van der Waals surface area (Å²) in [5.74, 6) is 0.0165. The molecular weight excluding hydrogens is 314 g/mol. The minimum Gasteiger partial charge on any atom is -0.367 e. The van der Waals surface area contributed by atoms with Gasteiger partial charge in [-0.15, -0.1) is 0 Å². The Bertz CT molecular complexity index is 692. The number of H-pyrrole nitrogens is 1. The first-order chi connectivity index (χ1) is 11.1. The second kappa shape index (κ2) is 6.87. The number of aromatic nitrogens is 1. The molecule has 0 unspecified atom stereocenters. The number of carbonyl (C=O) groups excluding carboxylic acids is 2. The van der Waals surface area contributed by atoms with Gasteiger partial charge in [-0.2, -0.15) is 0 Å². The van der Waals surface area contributed by atoms with E-state index in [4.69, 9.17) is 11.6 Å². The van der Waals surface area contributed by atoms with Crippen LogP contribution in [0.4, 0.5) is 0 Å². The molecule has 120 valence electrons. The number of aromatic amines is 1. The van der Waals surface area contributed by atoms with Gasteiger partial charge in [0, 0.05) is 38.6 Å². The van der Waals surface area contributed by atoms with Crippen molar-refractivity contribution in [2.75, 3.05) is 26.2 Å². The van der Waals surface area contributed by atoms with Gasteiger partial charge in [0.25, 0.3) is 5.91 Å². The molecule has 0 radical (unpaired) electrons. The molecule has 6 heteroatoms. The van der Waals surface area contributed by atoms with E-state index < -0.39 is 0 Å². The average molecular weight is 332 g/mol. The minimum absolute atomic E-state index is 0.0756. The highest BCUT2D eigenvalue weighted by atomic mass is 35.5. The van der Waals surface area contributed by atoms with Crippen LogP contribution >= 0.6 is 11.6 Å². The third-order valence-electron chi connectivity index (χ3n) is 4.04. The van der Waals surface area contributed by atoms with E-state index in [0.29, 0.717) is 43.2 Å². The van der Waals surface area contributed by atoms with Crippen molar-refractivity contribution in [1.29, 1.82) is 0 Å². The summed E-state index contributed by atoms with van der Waals surface area (Å²) in [5, 5.41) is 0.462. The molecule has 2 amide bonds. The molecule has 2 aromatic rings. The monoisotopic (exact) mass is 331 g/mol. The number of rotatable bonds is 3. The lowest BCUT2D eigenvalue weighted by molar-refractivity contribution is -0.131. The Morgan fingerprint density at radius 2 is 1.74 bits per heavy atom. The van der Waals surface area contributed by atoms with Gasteiger partial charge in [0.05, 0.1) is 17.0 Å². The van der Waals surface area contributed by atoms with Crippen LogP contribution in [0.3, 0.4) is 0 Å². The number of amides is 2. The van der Waals surface area contributed by atoms with E-state index in [0.717, 1.165) is 5.56 Å². The van der Waals surface area contributed by atoms with Gasteiger partial charge in [-0.05, 0) is 23.8 Å². The van der Waals surface area contributed by atoms with Crippen LogP contribution in [0.15, 0.2) is 42.7 Å². The molecule has 2 heterocycles. The number of benzene rings is 1. The third kappa shape index (κ3) is 3.56. The average Bonchev–Trinajstić information content (AvgIpc) is 3.08. The number of nitrogens with one attached hydrogen (secondary N) is 1. The minimum atomic E-state index is -0.0756. The maximum Gasteiger partial charge on any atom is 0.255 e. The van der Waals surface area contributed by atoms with Crippen molar-refractivity contribution in [3.8, 4) is 0 Å². The number of hydrogen-bond acceptors (Lipinski definition) is 2. The Morgan fingerprint density at radius 3 is 2.39 bits per heavy atom. The molecule has 1 aromatic carbocycles. The van der Waals surface area contributed by atoms with Gasteiger partial charge in [-0.1, -0.05) is 23.7 Å². The maximum absolute atomic E-state index is 12.5. The normalized spacial score (nSPS) is 14.8. The Morgan fingerprint density at radius 1 is 1.04 bits per heavy atom. The fraction of sp³-hybridized carbons (Fsp3) is 0.294. The molecule has 1 saturated heterocycles. The molecule has 0 bridgehead atoms. The second-order valence-electron chi connectivity index (χ2n) is 5.55. The van der Waals surface area contributed by atoms with E-state index in [2.05, 4.69) is 4.98 Å². The summed E-state index contributed by atoms with van der Waals surface area (Å²) in [6, 6.07) is 8.95. The summed E-state index contributed by atoms with van der Waals surface area (Å²) < 4.78 is 0. The zero-order valence-corrected chi connectivity index (χ0v) is 13.4. The van der Waals surface area contributed by atoms with Crippen molar-refractivity contribution >= 4 is 23.4 Å². The molecule has 1 aliphatic heterocycles. The van der Waals surface area contributed by atoms with Crippen molar-refractivity contribution in [2.24, 2.45) is 0 Å². The molecular formula is C17H18ClN3O2. The van der Waals surface area contributed by atoms with Gasteiger partial charge >= 0.3 is 0 Å². The first-order valence-electron chi connectivity index (χ1n) is 7.58. The fourth-order valence-corrected chi connectivity index (χ4v) is 2.94. The van der Waals surface area contributed by atoms with Crippen LogP contribution in [0.5, 0.6) is 0 Å². The van der Waals surface area contributed by atoms with Crippen LogP contribution in [0, 0.1) is 0 Å². The van der Waals surface area contributed by atoms with Crippen LogP contribution in [0.25, 0.3) is 0 Å². The van der Waals surface area contributed by atoms with E-state index in [1.54, 1.807) is 29.2 Å². The van der Waals surface area contributed by atoms with Gasteiger partial charge in [0.1, 0.15) is 0 Å². The quantitative estimate of drug-likeness (QED) is 0.937. The van der Waals surface area contributed by atoms with Crippen LogP contribution in [-0.2, 0) is 11.2 Å². The fourth-order valence-electron chi connectivity index (χ4n) is 2.72. The number of nitrogens with zero attached hydrogens (tertiary/aromatic N) is 2. The van der Waals surface area contributed by atoms with Crippen LogP contribution in [0.2, 0.25) is 5.02 Å². The van der Waals surface area contributed by atoms with E-state index in [1.807, 2.05) is 23.4 Å². The first kappa shape index (κ1) is 15.6. The van der Waals surface area contributed by atoms with Crippen molar-refractivity contribution in [2.45, 2.75) is 6.42 Å². The van der Waals surface area contributed by atoms with Crippen molar-refractivity contribution in [3.05, 3.63) is 58.9 Å². The lowest BCUT2D eigenvalue weighted by Crippen LogP contribution is -2.51. The van der Waals surface area contributed by atoms with Crippen molar-refractivity contribution in [3.63, 3.8) is 0 Å². The maximum atomic E-state index is 12.5. The van der Waals surface area contributed by atoms with E-state index >= 15 is 0 Å². The Kier molecular flexibility index (Phi) is 4.67. The van der Waals surface area contributed by atoms with Crippen molar-refractivity contribution < 1.29 is 9.59 Å². The van der Waals surface area contributed by atoms with Gasteiger partial charge < -0.3 is 14.8 Å². The molecule has 0 atom stereocenters. The third-order valence-corrected chi connectivity index (χ3v) is 4.37. The van der Waals surface area contributed by atoms with Crippen LogP contribution in [-0.4, -0.2) is 52.8 Å². The summed E-state index contributed by atoms with van der Waals surface area (Å²) in [6.45, 7) is 2.17. The van der Waals surface area contributed by atoms with Gasteiger partial charge in [-0.3, -0.25) is 9.59 Å². The molecule has 3 rings (SSSR count). The molecule has 0 saturated carbocycles. The number of hydrogen-bond donors (Lipinski definition) is 1. The predicted molar refractivity (Wildman–Crippen MR) is 88.4 cm³/mol. The van der Waals surface area contributed by atoms with Crippen LogP contribution < -0.4 is 0 Å². The standard InChI is InChI=1S/C17H18ClN3O2/c18-15-4-2-1-3-14(15)17(23)21-9-7-20(8-10-21)16(22)11-13-5-6-19-12-13/h1-6,12,19H,7-11H2. The molecule has 1 aliphatic rings. The van der Waals surface area contributed by atoms with E-state index in [1.165, 1.54) is 0 Å². The van der Waals surface area contributed by atoms with Gasteiger partial charge in [0.2, 0.25) is 5.91 Å². The largest absolute Gasteiger partial charge is 0.367 e. The number of carbonyl (C=O) groups is 2. The topological polar surface area (TPSA) is 56.4 Å². The summed E-state index contributed by atoms with van der Waals surface area (Å²) in [4.78, 5) is 31.2. The molecule has 0 aliphatic carbocycles. The summed E-state index contributed by atoms with van der Waals surface area (Å²) in [6.07, 6.45) is 4.03. The first-order valence-corrected chi connectivity index (χ1v) is 7.96. The summed E-state index contributed by atoms with van der Waals surface area (Å²) in [7, 11) is 0. The summed E-state index contributed by atoms with van der Waals surface area (Å²) in [5.41, 5.74) is 1.49. The summed E-state index contributed by atoms with van der Waals surface area (Å²) >= 11 is 6.08. The van der Waals surface area contributed by atoms with Crippen LogP contribution in [0.1, 0.15) is 15.9 Å². The Hall–Kier alpha value is -2.27. The van der Waals surface area contributed by atoms with E-state index in [-0.39, 0.29) is 11.8 Å². The number of piperazine rings is 1. The molecule has 23 heavy (non-hydrogen) atoms. The lowest BCUT2D eigenvalue weighted by atomic mass is 10.1. The SMILES string of the molecule is O=C(Cc1cc[nH]c1)N1CCN(C(=O)c2ccccc2Cl)CC1. The van der Waals surface area contributed by atoms with Crippen molar-refractivity contribution in [1.82, 2.24) is 14.8 Å². The second-order valence-corrected chi connectivity index (χ2v) is 5.96. The number of halogens is 1. The smallest absolute Gasteiger partial charge is 0.255 e. The molecule has 1 aromatic heterocycles. The molecule has 5 nitrogen and oxygen atoms in total. The van der Waals surface area contributed by atoms with E-state index in [9.17, 15) is 9.59 Å². The van der Waals surface area contributed by atoms with Gasteiger partial charge in [0.15, 0.2) is 0 Å². The zero-order chi connectivity index (χ0) is 16.2. The molecule has 0 spiro atoms. The highest BCUT2D eigenvalue weighted by Gasteiger charge is 2.25. The predicted octanol–water partition coefficient (Wildman–Crippen LogP) is 2.20.